The average molecular weight is 377 g/mol. The second kappa shape index (κ2) is 6.91. The Labute approximate surface area is 143 Å². The second-order valence-corrected chi connectivity index (χ2v) is 6.21. The van der Waals surface area contributed by atoms with E-state index >= 15 is 0 Å². The van der Waals surface area contributed by atoms with Crippen molar-refractivity contribution in [2.45, 2.75) is 12.5 Å². The number of halogens is 1. The van der Waals surface area contributed by atoms with Gasteiger partial charge >= 0.3 is 6.03 Å². The summed E-state index contributed by atoms with van der Waals surface area (Å²) in [6.07, 6.45) is 0.709. The molecule has 2 aromatic rings. The number of methoxy groups -OCH3 is 1. The Morgan fingerprint density at radius 1 is 1.26 bits per heavy atom. The number of anilines is 1. The summed E-state index contributed by atoms with van der Waals surface area (Å²) in [6.45, 7) is 0.451. The molecule has 0 aromatic heterocycles. The SMILES string of the molecule is COc1ccc2c(c1)C[C@H](NC(=O)Nc1ccc(Br)cc1)CO2. The predicted molar refractivity (Wildman–Crippen MR) is 92.3 cm³/mol. The van der Waals surface area contributed by atoms with Gasteiger partial charge in [-0.1, -0.05) is 15.9 Å². The fourth-order valence-corrected chi connectivity index (χ4v) is 2.74. The molecule has 5 nitrogen and oxygen atoms in total. The molecular weight excluding hydrogens is 360 g/mol. The topological polar surface area (TPSA) is 59.6 Å². The fraction of sp³-hybridized carbons (Fsp3) is 0.235. The molecule has 1 heterocycles. The van der Waals surface area contributed by atoms with E-state index in [2.05, 4.69) is 26.6 Å². The smallest absolute Gasteiger partial charge is 0.319 e. The first-order chi connectivity index (χ1) is 11.1. The van der Waals surface area contributed by atoms with Crippen LogP contribution in [0.25, 0.3) is 0 Å². The first-order valence-corrected chi connectivity index (χ1v) is 8.06. The van der Waals surface area contributed by atoms with Crippen LogP contribution < -0.4 is 20.1 Å². The molecule has 23 heavy (non-hydrogen) atoms. The number of carbonyl (C=O) groups is 1. The Hall–Kier alpha value is -2.21. The summed E-state index contributed by atoms with van der Waals surface area (Å²) in [5.74, 6) is 1.63. The monoisotopic (exact) mass is 376 g/mol. The zero-order chi connectivity index (χ0) is 16.2. The van der Waals surface area contributed by atoms with E-state index < -0.39 is 0 Å². The third-order valence-electron chi connectivity index (χ3n) is 3.61. The summed E-state index contributed by atoms with van der Waals surface area (Å²) < 4.78 is 11.9. The van der Waals surface area contributed by atoms with Crippen molar-refractivity contribution in [1.82, 2.24) is 5.32 Å². The van der Waals surface area contributed by atoms with Crippen molar-refractivity contribution in [2.24, 2.45) is 0 Å². The van der Waals surface area contributed by atoms with E-state index in [0.29, 0.717) is 13.0 Å². The lowest BCUT2D eigenvalue weighted by molar-refractivity contribution is 0.222. The van der Waals surface area contributed by atoms with Crippen molar-refractivity contribution in [2.75, 3.05) is 19.0 Å². The van der Waals surface area contributed by atoms with Crippen molar-refractivity contribution in [3.05, 3.63) is 52.5 Å². The number of urea groups is 1. The Bertz CT molecular complexity index is 703. The van der Waals surface area contributed by atoms with Gasteiger partial charge in [0, 0.05) is 10.2 Å². The summed E-state index contributed by atoms with van der Waals surface area (Å²) in [5, 5.41) is 5.74. The molecule has 3 rings (SSSR count). The molecule has 1 aliphatic rings. The second-order valence-electron chi connectivity index (χ2n) is 5.29. The van der Waals surface area contributed by atoms with Gasteiger partial charge in [-0.25, -0.2) is 4.79 Å². The normalized spacial score (nSPS) is 16.0. The maximum atomic E-state index is 12.1. The van der Waals surface area contributed by atoms with Crippen LogP contribution in [0.4, 0.5) is 10.5 Å². The molecule has 2 aromatic carbocycles. The van der Waals surface area contributed by atoms with E-state index in [1.54, 1.807) is 7.11 Å². The van der Waals surface area contributed by atoms with Gasteiger partial charge in [-0.15, -0.1) is 0 Å². The standard InChI is InChI=1S/C17H17BrN2O3/c1-22-15-6-7-16-11(9-15)8-14(10-23-16)20-17(21)19-13-4-2-12(18)3-5-13/h2-7,9,14H,8,10H2,1H3,(H2,19,20,21)/t14-/m0/s1. The summed E-state index contributed by atoms with van der Waals surface area (Å²) in [5.41, 5.74) is 1.77. The largest absolute Gasteiger partial charge is 0.497 e. The Morgan fingerprint density at radius 3 is 2.78 bits per heavy atom. The molecule has 1 aliphatic heterocycles. The predicted octanol–water partition coefficient (Wildman–Crippen LogP) is 3.58. The first-order valence-electron chi connectivity index (χ1n) is 7.27. The summed E-state index contributed by atoms with van der Waals surface area (Å²) >= 11 is 3.36. The molecule has 6 heteroatoms. The first kappa shape index (κ1) is 15.7. The summed E-state index contributed by atoms with van der Waals surface area (Å²) in [4.78, 5) is 12.1. The highest BCUT2D eigenvalue weighted by Gasteiger charge is 2.22. The maximum Gasteiger partial charge on any atom is 0.319 e. The third kappa shape index (κ3) is 3.96. The van der Waals surface area contributed by atoms with Crippen molar-refractivity contribution >= 4 is 27.6 Å². The van der Waals surface area contributed by atoms with Crippen LogP contribution in [0.3, 0.4) is 0 Å². The molecule has 0 spiro atoms. The van der Waals surface area contributed by atoms with Gasteiger partial charge in [0.1, 0.15) is 18.1 Å². The Morgan fingerprint density at radius 2 is 2.04 bits per heavy atom. The van der Waals surface area contributed by atoms with Gasteiger partial charge in [-0.05, 0) is 54.4 Å². The number of ether oxygens (including phenoxy) is 2. The lowest BCUT2D eigenvalue weighted by Crippen LogP contribution is -2.44. The molecule has 2 amide bonds. The van der Waals surface area contributed by atoms with Gasteiger partial charge < -0.3 is 20.1 Å². The zero-order valence-corrected chi connectivity index (χ0v) is 14.2. The van der Waals surface area contributed by atoms with Gasteiger partial charge in [-0.3, -0.25) is 0 Å². The average Bonchev–Trinajstić information content (AvgIpc) is 2.56. The molecule has 0 saturated carbocycles. The van der Waals surface area contributed by atoms with Crippen LogP contribution >= 0.6 is 15.9 Å². The van der Waals surface area contributed by atoms with Gasteiger partial charge in [-0.2, -0.15) is 0 Å². The van der Waals surface area contributed by atoms with E-state index in [0.717, 1.165) is 27.2 Å². The number of fused-ring (bicyclic) bond motifs is 1. The molecule has 0 saturated heterocycles. The Kier molecular flexibility index (Phi) is 4.71. The van der Waals surface area contributed by atoms with Crippen LogP contribution in [-0.4, -0.2) is 25.8 Å². The molecule has 2 N–H and O–H groups in total. The molecule has 0 aliphatic carbocycles. The number of hydrogen-bond acceptors (Lipinski definition) is 3. The van der Waals surface area contributed by atoms with Gasteiger partial charge in [0.15, 0.2) is 0 Å². The molecule has 120 valence electrons. The maximum absolute atomic E-state index is 12.1. The minimum absolute atomic E-state index is 0.0787. The number of benzene rings is 2. The zero-order valence-electron chi connectivity index (χ0n) is 12.6. The minimum atomic E-state index is -0.243. The van der Waals surface area contributed by atoms with Gasteiger partial charge in [0.2, 0.25) is 0 Å². The molecule has 0 bridgehead atoms. The highest BCUT2D eigenvalue weighted by Crippen LogP contribution is 2.28. The third-order valence-corrected chi connectivity index (χ3v) is 4.14. The van der Waals surface area contributed by atoms with E-state index in [1.165, 1.54) is 0 Å². The molecule has 1 atom stereocenters. The van der Waals surface area contributed by atoms with E-state index in [1.807, 2.05) is 42.5 Å². The van der Waals surface area contributed by atoms with Crippen LogP contribution in [0.1, 0.15) is 5.56 Å². The van der Waals surface area contributed by atoms with Crippen LogP contribution in [-0.2, 0) is 6.42 Å². The number of amides is 2. The van der Waals surface area contributed by atoms with Crippen molar-refractivity contribution in [3.63, 3.8) is 0 Å². The van der Waals surface area contributed by atoms with Crippen molar-refractivity contribution in [1.29, 1.82) is 0 Å². The van der Waals surface area contributed by atoms with E-state index in [9.17, 15) is 4.79 Å². The van der Waals surface area contributed by atoms with Crippen LogP contribution in [0.15, 0.2) is 46.9 Å². The molecule has 0 radical (unpaired) electrons. The molecular formula is C17H17BrN2O3. The number of hydrogen-bond donors (Lipinski definition) is 2. The highest BCUT2D eigenvalue weighted by molar-refractivity contribution is 9.10. The van der Waals surface area contributed by atoms with Gasteiger partial charge in [0.25, 0.3) is 0 Å². The van der Waals surface area contributed by atoms with Crippen LogP contribution in [0, 0.1) is 0 Å². The summed E-state index contributed by atoms with van der Waals surface area (Å²) in [6, 6.07) is 12.8. The minimum Gasteiger partial charge on any atom is -0.497 e. The van der Waals surface area contributed by atoms with Gasteiger partial charge in [0.05, 0.1) is 13.2 Å². The number of rotatable bonds is 3. The number of carbonyl (C=O) groups excluding carboxylic acids is 1. The van der Waals surface area contributed by atoms with Crippen LogP contribution in [0.2, 0.25) is 0 Å². The quantitative estimate of drug-likeness (QED) is 0.860. The van der Waals surface area contributed by atoms with E-state index in [4.69, 9.17) is 9.47 Å². The van der Waals surface area contributed by atoms with Crippen molar-refractivity contribution < 1.29 is 14.3 Å². The Balaban J connectivity index is 1.60. The number of nitrogens with one attached hydrogen (secondary N) is 2. The lowest BCUT2D eigenvalue weighted by atomic mass is 10.0. The summed E-state index contributed by atoms with van der Waals surface area (Å²) in [7, 11) is 1.63. The lowest BCUT2D eigenvalue weighted by Gasteiger charge is -2.26. The van der Waals surface area contributed by atoms with E-state index in [-0.39, 0.29) is 12.1 Å². The van der Waals surface area contributed by atoms with Crippen molar-refractivity contribution in [3.8, 4) is 11.5 Å². The molecule has 0 fully saturated rings. The highest BCUT2D eigenvalue weighted by atomic mass is 79.9. The van der Waals surface area contributed by atoms with Crippen LogP contribution in [0.5, 0.6) is 11.5 Å². The fourth-order valence-electron chi connectivity index (χ4n) is 2.48. The molecule has 0 unspecified atom stereocenters.